The van der Waals surface area contributed by atoms with Gasteiger partial charge < -0.3 is 20.4 Å². The highest BCUT2D eigenvalue weighted by atomic mass is 15.2. The highest BCUT2D eigenvalue weighted by Crippen LogP contribution is 2.29. The van der Waals surface area contributed by atoms with E-state index in [1.807, 2.05) is 43.8 Å². The van der Waals surface area contributed by atoms with E-state index in [9.17, 15) is 0 Å². The van der Waals surface area contributed by atoms with Gasteiger partial charge in [0.25, 0.3) is 0 Å². The minimum absolute atomic E-state index is 0.0857. The number of fused-ring (bicyclic) bond motifs is 1. The minimum Gasteiger partial charge on any atom is -0.379 e. The van der Waals surface area contributed by atoms with Crippen molar-refractivity contribution in [3.05, 3.63) is 84.2 Å². The molecule has 2 N–H and O–H groups in total. The second kappa shape index (κ2) is 13.6. The molecular weight excluding hydrogens is 434 g/mol. The Kier molecular flexibility index (Phi) is 10.2. The number of nitrogens with zero attached hydrogens (tertiary/aromatic N) is 5. The van der Waals surface area contributed by atoms with E-state index >= 15 is 0 Å². The predicted octanol–water partition coefficient (Wildman–Crippen LogP) is 4.41. The number of piperazine rings is 1. The summed E-state index contributed by atoms with van der Waals surface area (Å²) in [6.07, 6.45) is 19.7. The van der Waals surface area contributed by atoms with Gasteiger partial charge in [-0.3, -0.25) is 4.99 Å². The third kappa shape index (κ3) is 8.16. The molecule has 0 bridgehead atoms. The molecule has 1 aromatic rings. The van der Waals surface area contributed by atoms with Crippen molar-refractivity contribution < 1.29 is 0 Å². The summed E-state index contributed by atoms with van der Waals surface area (Å²) in [5.74, 6) is 0.532. The third-order valence-corrected chi connectivity index (χ3v) is 6.16. The van der Waals surface area contributed by atoms with E-state index < -0.39 is 0 Å². The maximum absolute atomic E-state index is 4.66. The number of hydrogen-bond acceptors (Lipinski definition) is 7. The first-order chi connectivity index (χ1) is 17.0. The zero-order valence-corrected chi connectivity index (χ0v) is 21.5. The van der Waals surface area contributed by atoms with Crippen molar-refractivity contribution in [2.24, 2.45) is 4.99 Å². The van der Waals surface area contributed by atoms with E-state index in [0.29, 0.717) is 5.95 Å². The second-order valence-corrected chi connectivity index (χ2v) is 8.85. The van der Waals surface area contributed by atoms with E-state index in [2.05, 4.69) is 81.2 Å². The van der Waals surface area contributed by atoms with Crippen LogP contribution in [0.2, 0.25) is 0 Å². The molecule has 1 saturated heterocycles. The minimum atomic E-state index is 0.0857. The first kappa shape index (κ1) is 26.3. The Morgan fingerprint density at radius 3 is 2.63 bits per heavy atom. The van der Waals surface area contributed by atoms with Gasteiger partial charge in [-0.15, -0.1) is 0 Å². The molecule has 0 aliphatic carbocycles. The highest BCUT2D eigenvalue weighted by Gasteiger charge is 2.23. The average Bonchev–Trinajstić information content (AvgIpc) is 3.23. The molecule has 1 aromatic heterocycles. The number of aliphatic imine (C=N–C) groups is 1. The van der Waals surface area contributed by atoms with Gasteiger partial charge in [0.1, 0.15) is 0 Å². The van der Waals surface area contributed by atoms with Gasteiger partial charge in [0.15, 0.2) is 0 Å². The normalized spacial score (nSPS) is 23.1. The molecule has 4 rings (SSSR count). The van der Waals surface area contributed by atoms with Gasteiger partial charge >= 0.3 is 0 Å². The fourth-order valence-corrected chi connectivity index (χ4v) is 3.83. The predicted molar refractivity (Wildman–Crippen MR) is 148 cm³/mol. The van der Waals surface area contributed by atoms with Crippen LogP contribution in [0.15, 0.2) is 83.5 Å². The van der Waals surface area contributed by atoms with E-state index in [-0.39, 0.29) is 6.04 Å². The van der Waals surface area contributed by atoms with Gasteiger partial charge in [-0.05, 0) is 51.6 Å². The lowest BCUT2D eigenvalue weighted by atomic mass is 9.99. The van der Waals surface area contributed by atoms with E-state index in [1.165, 1.54) is 37.3 Å². The summed E-state index contributed by atoms with van der Waals surface area (Å²) in [4.78, 5) is 18.0. The van der Waals surface area contributed by atoms with Crippen molar-refractivity contribution in [3.8, 4) is 0 Å². The van der Waals surface area contributed by atoms with E-state index in [0.717, 1.165) is 29.8 Å². The SMILES string of the molecule is C=C(/C=C\C(=C/C)CC)Nc1nccc(C2=CNC3C=N/C=C\C/C=C/23)n1.CN1CCN(C)CC1. The molecule has 3 aliphatic heterocycles. The molecule has 3 aliphatic rings. The summed E-state index contributed by atoms with van der Waals surface area (Å²) in [5.41, 5.74) is 5.13. The lowest BCUT2D eigenvalue weighted by Gasteiger charge is -2.28. The van der Waals surface area contributed by atoms with Crippen molar-refractivity contribution in [1.29, 1.82) is 0 Å². The number of nitrogens with one attached hydrogen (secondary N) is 2. The fraction of sp³-hybridized carbons (Fsp3) is 0.393. The molecule has 4 heterocycles. The zero-order valence-electron chi connectivity index (χ0n) is 21.5. The Hall–Kier alpha value is -3.29. The molecule has 0 amide bonds. The Labute approximate surface area is 210 Å². The van der Waals surface area contributed by atoms with E-state index in [4.69, 9.17) is 0 Å². The fourth-order valence-electron chi connectivity index (χ4n) is 3.83. The monoisotopic (exact) mass is 473 g/mol. The molecule has 7 heteroatoms. The highest BCUT2D eigenvalue weighted by molar-refractivity contribution is 5.89. The molecule has 0 radical (unpaired) electrons. The van der Waals surface area contributed by atoms with Crippen LogP contribution >= 0.6 is 0 Å². The summed E-state index contributed by atoms with van der Waals surface area (Å²) in [6.45, 7) is 13.1. The molecule has 1 unspecified atom stereocenters. The van der Waals surface area contributed by atoms with Crippen LogP contribution < -0.4 is 10.6 Å². The Bertz CT molecular complexity index is 1030. The smallest absolute Gasteiger partial charge is 0.227 e. The molecule has 0 saturated carbocycles. The van der Waals surface area contributed by atoms with Crippen LogP contribution in [0.5, 0.6) is 0 Å². The number of aromatic nitrogens is 2. The molecule has 1 atom stereocenters. The van der Waals surface area contributed by atoms with Crippen molar-refractivity contribution in [1.82, 2.24) is 25.1 Å². The Morgan fingerprint density at radius 1 is 1.20 bits per heavy atom. The maximum Gasteiger partial charge on any atom is 0.227 e. The first-order valence-electron chi connectivity index (χ1n) is 12.3. The van der Waals surface area contributed by atoms with Crippen LogP contribution in [-0.4, -0.2) is 72.3 Å². The molecule has 1 fully saturated rings. The van der Waals surface area contributed by atoms with Gasteiger partial charge in [0.05, 0.1) is 11.7 Å². The maximum atomic E-state index is 4.66. The largest absolute Gasteiger partial charge is 0.379 e. The van der Waals surface area contributed by atoms with Gasteiger partial charge in [0.2, 0.25) is 5.95 Å². The topological polar surface area (TPSA) is 68.7 Å². The number of hydrogen-bond donors (Lipinski definition) is 2. The number of rotatable bonds is 6. The first-order valence-corrected chi connectivity index (χ1v) is 12.3. The second-order valence-electron chi connectivity index (χ2n) is 8.85. The van der Waals surface area contributed by atoms with Crippen LogP contribution in [0.1, 0.15) is 32.4 Å². The standard InChI is InChI=1S/C22H25N5.C6H14N2/c1-4-17(5-2)10-9-16(3)26-22-24-13-11-20(27-22)19-14-25-21-15-23-12-7-6-8-18(19)21;1-7-3-5-8(2)6-4-7/h4,7-15,21,25H,3,5-6H2,1-2H3,(H,24,26,27);3-6H2,1-2H3/b10-9-,12-7-,17-4-,18-8-,23-15?;. The lowest BCUT2D eigenvalue weighted by molar-refractivity contribution is 0.181. The third-order valence-electron chi connectivity index (χ3n) is 6.16. The van der Waals surface area contributed by atoms with Crippen LogP contribution in [0.4, 0.5) is 5.95 Å². The average molecular weight is 474 g/mol. The van der Waals surface area contributed by atoms with Gasteiger partial charge in [-0.1, -0.05) is 43.4 Å². The number of likely N-dealkylation sites (N-methyl/N-ethyl adjacent to an activating group) is 2. The van der Waals surface area contributed by atoms with Gasteiger partial charge in [-0.25, -0.2) is 9.97 Å². The van der Waals surface area contributed by atoms with Crippen molar-refractivity contribution >= 4 is 17.7 Å². The van der Waals surface area contributed by atoms with Crippen molar-refractivity contribution in [2.45, 2.75) is 32.7 Å². The number of allylic oxidation sites excluding steroid dienone is 6. The lowest BCUT2D eigenvalue weighted by Crippen LogP contribution is -2.42. The van der Waals surface area contributed by atoms with Crippen LogP contribution in [0, 0.1) is 0 Å². The summed E-state index contributed by atoms with van der Waals surface area (Å²) in [6, 6.07) is 2.00. The molecule has 0 aromatic carbocycles. The van der Waals surface area contributed by atoms with Crippen LogP contribution in [-0.2, 0) is 0 Å². The summed E-state index contributed by atoms with van der Waals surface area (Å²) in [7, 11) is 4.35. The zero-order chi connectivity index (χ0) is 25.0. The van der Waals surface area contributed by atoms with Gasteiger partial charge in [-0.2, -0.15) is 0 Å². The summed E-state index contributed by atoms with van der Waals surface area (Å²) in [5, 5.41) is 6.52. The van der Waals surface area contributed by atoms with E-state index in [1.54, 1.807) is 6.20 Å². The molecule has 0 spiro atoms. The molecule has 35 heavy (non-hydrogen) atoms. The quantitative estimate of drug-likeness (QED) is 0.597. The molecular formula is C28H39N7. The summed E-state index contributed by atoms with van der Waals surface area (Å²) < 4.78 is 0. The van der Waals surface area contributed by atoms with Gasteiger partial charge in [0, 0.05) is 62.3 Å². The van der Waals surface area contributed by atoms with Crippen molar-refractivity contribution in [3.63, 3.8) is 0 Å². The van der Waals surface area contributed by atoms with Crippen molar-refractivity contribution in [2.75, 3.05) is 45.6 Å². The molecule has 186 valence electrons. The summed E-state index contributed by atoms with van der Waals surface area (Å²) >= 11 is 0. The Morgan fingerprint density at radius 2 is 1.94 bits per heavy atom. The molecule has 7 nitrogen and oxygen atoms in total. The Balaban J connectivity index is 0.000000363. The van der Waals surface area contributed by atoms with Crippen LogP contribution in [0.3, 0.4) is 0 Å². The van der Waals surface area contributed by atoms with Crippen LogP contribution in [0.25, 0.3) is 5.57 Å². The number of anilines is 1.